The lowest BCUT2D eigenvalue weighted by atomic mass is 9.86. The standard InChI is InChI=1S/C34H36N6O6/c1-21-25(7-6-8-27(21)37-31(41)22-9-11-23(12-10-22)34(2,3)4)28-20-38(5)33(43)30(36-28)35-24-13-14-26(29(19-24)40(44)45)32(42)39-15-17-46-18-16-39/h6-14,19-20H,15-18H2,1-5H3,(H,35,36)(H,37,41). The van der Waals surface area contributed by atoms with Crippen molar-refractivity contribution in [3.63, 3.8) is 0 Å². The molecule has 2 amide bonds. The third-order valence-corrected chi connectivity index (χ3v) is 7.93. The molecular weight excluding hydrogens is 588 g/mol. The minimum Gasteiger partial charge on any atom is -0.378 e. The molecule has 12 heteroatoms. The normalized spacial score (nSPS) is 13.3. The predicted octanol–water partition coefficient (Wildman–Crippen LogP) is 5.43. The molecule has 1 aliphatic rings. The summed E-state index contributed by atoms with van der Waals surface area (Å²) in [6.07, 6.45) is 1.58. The van der Waals surface area contributed by atoms with Crippen molar-refractivity contribution < 1.29 is 19.2 Å². The molecular formula is C34H36N6O6. The van der Waals surface area contributed by atoms with Crippen LogP contribution in [0.15, 0.2) is 71.7 Å². The molecule has 1 saturated heterocycles. The van der Waals surface area contributed by atoms with Crippen molar-refractivity contribution in [3.05, 3.63) is 110 Å². The summed E-state index contributed by atoms with van der Waals surface area (Å²) in [5.74, 6) is -0.773. The maximum atomic E-state index is 13.1. The number of ether oxygens (including phenoxy) is 1. The van der Waals surface area contributed by atoms with E-state index in [0.717, 1.165) is 11.1 Å². The van der Waals surface area contributed by atoms with Crippen LogP contribution in [-0.4, -0.2) is 57.5 Å². The van der Waals surface area contributed by atoms with Crippen molar-refractivity contribution >= 4 is 34.7 Å². The van der Waals surface area contributed by atoms with E-state index in [1.807, 2.05) is 25.1 Å². The number of anilines is 3. The highest BCUT2D eigenvalue weighted by atomic mass is 16.6. The van der Waals surface area contributed by atoms with Crippen LogP contribution in [-0.2, 0) is 17.2 Å². The van der Waals surface area contributed by atoms with Gasteiger partial charge in [0.25, 0.3) is 23.1 Å². The van der Waals surface area contributed by atoms with Crippen molar-refractivity contribution in [3.8, 4) is 11.3 Å². The molecule has 5 rings (SSSR count). The van der Waals surface area contributed by atoms with Gasteiger partial charge in [-0.2, -0.15) is 0 Å². The van der Waals surface area contributed by atoms with Gasteiger partial charge in [-0.1, -0.05) is 45.0 Å². The van der Waals surface area contributed by atoms with E-state index in [4.69, 9.17) is 4.74 Å². The van der Waals surface area contributed by atoms with E-state index in [9.17, 15) is 24.5 Å². The van der Waals surface area contributed by atoms with Crippen molar-refractivity contribution in [2.75, 3.05) is 36.9 Å². The number of nitrogens with one attached hydrogen (secondary N) is 2. The van der Waals surface area contributed by atoms with Gasteiger partial charge < -0.3 is 24.8 Å². The Kier molecular flexibility index (Phi) is 9.01. The molecule has 0 spiro atoms. The van der Waals surface area contributed by atoms with E-state index >= 15 is 0 Å². The summed E-state index contributed by atoms with van der Waals surface area (Å²) in [7, 11) is 1.58. The largest absolute Gasteiger partial charge is 0.378 e. The van der Waals surface area contributed by atoms with Gasteiger partial charge in [0.05, 0.1) is 23.8 Å². The fourth-order valence-corrected chi connectivity index (χ4v) is 5.20. The van der Waals surface area contributed by atoms with Gasteiger partial charge in [0.2, 0.25) is 0 Å². The zero-order valence-corrected chi connectivity index (χ0v) is 26.4. The van der Waals surface area contributed by atoms with E-state index in [0.29, 0.717) is 48.8 Å². The number of carbonyl (C=O) groups excluding carboxylic acids is 2. The lowest BCUT2D eigenvalue weighted by molar-refractivity contribution is -0.385. The summed E-state index contributed by atoms with van der Waals surface area (Å²) in [5, 5.41) is 17.8. The first-order valence-corrected chi connectivity index (χ1v) is 14.9. The molecule has 0 radical (unpaired) electrons. The Balaban J connectivity index is 1.41. The topological polar surface area (TPSA) is 149 Å². The quantitative estimate of drug-likeness (QED) is 0.204. The fourth-order valence-electron chi connectivity index (χ4n) is 5.20. The van der Waals surface area contributed by atoms with Crippen LogP contribution in [0.3, 0.4) is 0 Å². The number of hydrogen-bond acceptors (Lipinski definition) is 8. The Morgan fingerprint density at radius 3 is 2.37 bits per heavy atom. The summed E-state index contributed by atoms with van der Waals surface area (Å²) in [6.45, 7) is 9.60. The molecule has 1 aliphatic heterocycles. The van der Waals surface area contributed by atoms with Crippen molar-refractivity contribution in [1.29, 1.82) is 0 Å². The second kappa shape index (κ2) is 12.9. The maximum absolute atomic E-state index is 13.1. The number of rotatable bonds is 7. The van der Waals surface area contributed by atoms with Crippen LogP contribution in [0.5, 0.6) is 0 Å². The Labute approximate surface area is 266 Å². The molecule has 0 saturated carbocycles. The molecule has 0 atom stereocenters. The number of aryl methyl sites for hydroxylation is 1. The van der Waals surface area contributed by atoms with Crippen LogP contribution in [0, 0.1) is 17.0 Å². The molecule has 4 aromatic rings. The summed E-state index contributed by atoms with van der Waals surface area (Å²) in [4.78, 5) is 56.6. The summed E-state index contributed by atoms with van der Waals surface area (Å²) < 4.78 is 6.64. The zero-order chi connectivity index (χ0) is 33.2. The van der Waals surface area contributed by atoms with Crippen LogP contribution in [0.4, 0.5) is 22.9 Å². The van der Waals surface area contributed by atoms with Crippen LogP contribution in [0.1, 0.15) is 52.6 Å². The van der Waals surface area contributed by atoms with Gasteiger partial charge in [0.1, 0.15) is 5.56 Å². The number of nitrogens with zero attached hydrogens (tertiary/aromatic N) is 4. The monoisotopic (exact) mass is 624 g/mol. The van der Waals surface area contributed by atoms with E-state index in [-0.39, 0.29) is 34.1 Å². The fraction of sp³-hybridized carbons (Fsp3) is 0.294. The smallest absolute Gasteiger partial charge is 0.293 e. The molecule has 0 bridgehead atoms. The molecule has 2 heterocycles. The molecule has 0 aliphatic carbocycles. The number of aromatic nitrogens is 2. The first-order chi connectivity index (χ1) is 21.8. The van der Waals surface area contributed by atoms with Gasteiger partial charge in [-0.3, -0.25) is 24.5 Å². The minimum absolute atomic E-state index is 0.0311. The minimum atomic E-state index is -0.622. The number of nitro groups is 1. The highest BCUT2D eigenvalue weighted by molar-refractivity contribution is 6.05. The van der Waals surface area contributed by atoms with Crippen LogP contribution < -0.4 is 16.2 Å². The van der Waals surface area contributed by atoms with Gasteiger partial charge in [0, 0.05) is 54.9 Å². The van der Waals surface area contributed by atoms with Crippen molar-refractivity contribution in [2.45, 2.75) is 33.1 Å². The third kappa shape index (κ3) is 6.81. The van der Waals surface area contributed by atoms with E-state index in [2.05, 4.69) is 36.4 Å². The van der Waals surface area contributed by atoms with Crippen LogP contribution >= 0.6 is 0 Å². The number of carbonyl (C=O) groups is 2. The summed E-state index contributed by atoms with van der Waals surface area (Å²) in [5.41, 5.74) is 3.39. The van der Waals surface area contributed by atoms with Crippen molar-refractivity contribution in [2.24, 2.45) is 7.05 Å². The highest BCUT2D eigenvalue weighted by Crippen LogP contribution is 2.30. The first-order valence-electron chi connectivity index (χ1n) is 14.9. The van der Waals surface area contributed by atoms with Gasteiger partial charge in [-0.05, 0) is 53.8 Å². The second-order valence-corrected chi connectivity index (χ2v) is 12.2. The average Bonchev–Trinajstić information content (AvgIpc) is 3.03. The van der Waals surface area contributed by atoms with E-state index in [1.54, 1.807) is 37.5 Å². The molecule has 46 heavy (non-hydrogen) atoms. The molecule has 1 fully saturated rings. The lowest BCUT2D eigenvalue weighted by Gasteiger charge is -2.26. The average molecular weight is 625 g/mol. The Morgan fingerprint density at radius 1 is 1.02 bits per heavy atom. The predicted molar refractivity (Wildman–Crippen MR) is 176 cm³/mol. The number of morpholine rings is 1. The van der Waals surface area contributed by atoms with Gasteiger partial charge in [-0.25, -0.2) is 4.98 Å². The Hall–Kier alpha value is -5.36. The summed E-state index contributed by atoms with van der Waals surface area (Å²) >= 11 is 0. The molecule has 2 N–H and O–H groups in total. The lowest BCUT2D eigenvalue weighted by Crippen LogP contribution is -2.40. The Bertz CT molecular complexity index is 1870. The van der Waals surface area contributed by atoms with E-state index in [1.165, 1.54) is 27.7 Å². The number of nitro benzene ring substituents is 1. The first kappa shape index (κ1) is 32.0. The molecule has 0 unspecified atom stereocenters. The number of hydrogen-bond donors (Lipinski definition) is 2. The number of benzene rings is 3. The molecule has 238 valence electrons. The number of amides is 2. The van der Waals surface area contributed by atoms with Crippen LogP contribution in [0.25, 0.3) is 11.3 Å². The highest BCUT2D eigenvalue weighted by Gasteiger charge is 2.27. The summed E-state index contributed by atoms with van der Waals surface area (Å²) in [6, 6.07) is 17.0. The Morgan fingerprint density at radius 2 is 1.72 bits per heavy atom. The zero-order valence-electron chi connectivity index (χ0n) is 26.4. The van der Waals surface area contributed by atoms with E-state index < -0.39 is 16.4 Å². The van der Waals surface area contributed by atoms with Crippen molar-refractivity contribution in [1.82, 2.24) is 14.5 Å². The molecule has 1 aromatic heterocycles. The SMILES string of the molecule is Cc1c(NC(=O)c2ccc(C(C)(C)C)cc2)cccc1-c1cn(C)c(=O)c(Nc2ccc(C(=O)N3CCOCC3)c([N+](=O)[O-])c2)n1. The third-order valence-electron chi connectivity index (χ3n) is 7.93. The van der Waals surface area contributed by atoms with Gasteiger partial charge >= 0.3 is 0 Å². The molecule has 12 nitrogen and oxygen atoms in total. The van der Waals surface area contributed by atoms with Gasteiger partial charge in [-0.15, -0.1) is 0 Å². The molecule has 3 aromatic carbocycles. The van der Waals surface area contributed by atoms with Gasteiger partial charge in [0.15, 0.2) is 5.82 Å². The second-order valence-electron chi connectivity index (χ2n) is 12.2. The van der Waals surface area contributed by atoms with Crippen LogP contribution in [0.2, 0.25) is 0 Å². The maximum Gasteiger partial charge on any atom is 0.293 e.